The first kappa shape index (κ1) is 12.5. The third kappa shape index (κ3) is 2.85. The van der Waals surface area contributed by atoms with Gasteiger partial charge in [-0.1, -0.05) is 13.8 Å². The number of anilines is 1. The molecule has 0 saturated heterocycles. The summed E-state index contributed by atoms with van der Waals surface area (Å²) in [5.41, 5.74) is 1.68. The quantitative estimate of drug-likeness (QED) is 0.866. The zero-order valence-corrected chi connectivity index (χ0v) is 10.9. The van der Waals surface area contributed by atoms with Crippen molar-refractivity contribution in [3.63, 3.8) is 0 Å². The van der Waals surface area contributed by atoms with Gasteiger partial charge in [-0.25, -0.2) is 4.79 Å². The van der Waals surface area contributed by atoms with Crippen LogP contribution in [0.15, 0.2) is 12.1 Å². The Morgan fingerprint density at radius 2 is 2.00 bits per heavy atom. The lowest BCUT2D eigenvalue weighted by Gasteiger charge is -2.11. The lowest BCUT2D eigenvalue weighted by molar-refractivity contribution is 0.174. The number of fused-ring (bicyclic) bond motifs is 1. The van der Waals surface area contributed by atoms with Crippen molar-refractivity contribution in [3.8, 4) is 11.5 Å². The van der Waals surface area contributed by atoms with Crippen LogP contribution in [0.5, 0.6) is 11.5 Å². The van der Waals surface area contributed by atoms with Crippen LogP contribution in [-0.2, 0) is 0 Å². The summed E-state index contributed by atoms with van der Waals surface area (Å²) in [7, 11) is 0. The minimum atomic E-state index is -0.203. The summed E-state index contributed by atoms with van der Waals surface area (Å²) < 4.78 is 10.5. The van der Waals surface area contributed by atoms with Gasteiger partial charge in [-0.05, 0) is 24.5 Å². The molecule has 0 saturated carbocycles. The maximum Gasteiger partial charge on any atom is 0.319 e. The number of carbonyl (C=O) groups is 1. The number of carbonyl (C=O) groups excluding carboxylic acids is 1. The molecule has 5 heteroatoms. The Balaban J connectivity index is 2.03. The average molecular weight is 250 g/mol. The fourth-order valence-electron chi connectivity index (χ4n) is 1.64. The second-order valence-electron chi connectivity index (χ2n) is 4.75. The van der Waals surface area contributed by atoms with Crippen molar-refractivity contribution in [3.05, 3.63) is 17.7 Å². The normalized spacial score (nSPS) is 12.7. The van der Waals surface area contributed by atoms with Crippen LogP contribution >= 0.6 is 0 Å². The van der Waals surface area contributed by atoms with Gasteiger partial charge >= 0.3 is 6.03 Å². The molecular weight excluding hydrogens is 232 g/mol. The highest BCUT2D eigenvalue weighted by Gasteiger charge is 2.16. The fraction of sp³-hybridized carbons (Fsp3) is 0.462. The number of urea groups is 1. The molecule has 98 valence electrons. The number of hydrogen-bond donors (Lipinski definition) is 2. The summed E-state index contributed by atoms with van der Waals surface area (Å²) in [4.78, 5) is 11.7. The first-order valence-electron chi connectivity index (χ1n) is 6.01. The molecule has 2 rings (SSSR count). The van der Waals surface area contributed by atoms with Crippen molar-refractivity contribution in [2.24, 2.45) is 5.92 Å². The average Bonchev–Trinajstić information content (AvgIpc) is 2.74. The van der Waals surface area contributed by atoms with E-state index in [9.17, 15) is 4.79 Å². The largest absolute Gasteiger partial charge is 0.454 e. The summed E-state index contributed by atoms with van der Waals surface area (Å²) >= 11 is 0. The molecule has 0 fully saturated rings. The predicted octanol–water partition coefficient (Wildman–Crippen LogP) is 2.50. The Morgan fingerprint density at radius 3 is 2.67 bits per heavy atom. The van der Waals surface area contributed by atoms with Crippen LogP contribution in [0.2, 0.25) is 0 Å². The number of aryl methyl sites for hydroxylation is 1. The molecule has 1 aliphatic rings. The van der Waals surface area contributed by atoms with Gasteiger partial charge in [-0.3, -0.25) is 0 Å². The van der Waals surface area contributed by atoms with Gasteiger partial charge in [0.05, 0.1) is 0 Å². The molecule has 2 amide bonds. The van der Waals surface area contributed by atoms with Gasteiger partial charge in [0.2, 0.25) is 6.79 Å². The maximum absolute atomic E-state index is 11.7. The zero-order valence-electron chi connectivity index (χ0n) is 10.9. The third-order valence-electron chi connectivity index (χ3n) is 2.64. The summed E-state index contributed by atoms with van der Waals surface area (Å²) in [6.07, 6.45) is 0. The standard InChI is InChI=1S/C13H18N2O3/c1-8(2)6-14-13(16)15-10-5-12-11(4-9(10)3)17-7-18-12/h4-5,8H,6-7H2,1-3H3,(H2,14,15,16). The number of nitrogens with one attached hydrogen (secondary N) is 2. The number of rotatable bonds is 3. The molecule has 0 aromatic heterocycles. The van der Waals surface area contributed by atoms with Crippen LogP contribution in [-0.4, -0.2) is 19.4 Å². The van der Waals surface area contributed by atoms with Gasteiger partial charge in [0.1, 0.15) is 0 Å². The number of amides is 2. The highest BCUT2D eigenvalue weighted by molar-refractivity contribution is 5.90. The van der Waals surface area contributed by atoms with Crippen molar-refractivity contribution < 1.29 is 14.3 Å². The van der Waals surface area contributed by atoms with Gasteiger partial charge in [0, 0.05) is 18.3 Å². The van der Waals surface area contributed by atoms with Crippen LogP contribution in [0.3, 0.4) is 0 Å². The van der Waals surface area contributed by atoms with Crippen LogP contribution in [0.4, 0.5) is 10.5 Å². The maximum atomic E-state index is 11.7. The summed E-state index contributed by atoms with van der Waals surface area (Å²) in [5.74, 6) is 1.81. The van der Waals surface area contributed by atoms with Gasteiger partial charge in [0.25, 0.3) is 0 Å². The summed E-state index contributed by atoms with van der Waals surface area (Å²) in [5, 5.41) is 5.61. The second kappa shape index (κ2) is 5.16. The Hall–Kier alpha value is -1.91. The van der Waals surface area contributed by atoms with Crippen molar-refractivity contribution in [2.45, 2.75) is 20.8 Å². The molecule has 0 aliphatic carbocycles. The van der Waals surface area contributed by atoms with Crippen LogP contribution in [0.25, 0.3) is 0 Å². The SMILES string of the molecule is Cc1cc2c(cc1NC(=O)NCC(C)C)OCO2. The van der Waals surface area contributed by atoms with Crippen molar-refractivity contribution in [2.75, 3.05) is 18.7 Å². The van der Waals surface area contributed by atoms with Gasteiger partial charge < -0.3 is 20.1 Å². The molecule has 0 bridgehead atoms. The molecule has 1 heterocycles. The minimum absolute atomic E-state index is 0.203. The van der Waals surface area contributed by atoms with Crippen molar-refractivity contribution in [1.29, 1.82) is 0 Å². The Labute approximate surface area is 106 Å². The molecule has 0 atom stereocenters. The van der Waals surface area contributed by atoms with E-state index in [4.69, 9.17) is 9.47 Å². The third-order valence-corrected chi connectivity index (χ3v) is 2.64. The zero-order chi connectivity index (χ0) is 13.1. The van der Waals surface area contributed by atoms with Crippen molar-refractivity contribution >= 4 is 11.7 Å². The predicted molar refractivity (Wildman–Crippen MR) is 69.2 cm³/mol. The van der Waals surface area contributed by atoms with E-state index >= 15 is 0 Å². The van der Waals surface area contributed by atoms with E-state index in [0.717, 1.165) is 17.0 Å². The fourth-order valence-corrected chi connectivity index (χ4v) is 1.64. The van der Waals surface area contributed by atoms with E-state index < -0.39 is 0 Å². The molecular formula is C13H18N2O3. The van der Waals surface area contributed by atoms with Gasteiger partial charge in [-0.15, -0.1) is 0 Å². The molecule has 0 unspecified atom stereocenters. The lowest BCUT2D eigenvalue weighted by Crippen LogP contribution is -2.31. The van der Waals surface area contributed by atoms with E-state index in [-0.39, 0.29) is 12.8 Å². The summed E-state index contributed by atoms with van der Waals surface area (Å²) in [6.45, 7) is 6.89. The highest BCUT2D eigenvalue weighted by Crippen LogP contribution is 2.36. The van der Waals surface area contributed by atoms with E-state index in [2.05, 4.69) is 10.6 Å². The van der Waals surface area contributed by atoms with Gasteiger partial charge in [0.15, 0.2) is 11.5 Å². The molecule has 5 nitrogen and oxygen atoms in total. The first-order valence-corrected chi connectivity index (χ1v) is 6.01. The minimum Gasteiger partial charge on any atom is -0.454 e. The van der Waals surface area contributed by atoms with Crippen LogP contribution in [0.1, 0.15) is 19.4 Å². The van der Waals surface area contributed by atoms with Crippen molar-refractivity contribution in [1.82, 2.24) is 5.32 Å². The topological polar surface area (TPSA) is 59.6 Å². The van der Waals surface area contributed by atoms with E-state index in [0.29, 0.717) is 18.2 Å². The van der Waals surface area contributed by atoms with Crippen LogP contribution in [0, 0.1) is 12.8 Å². The molecule has 1 aliphatic heterocycles. The van der Waals surface area contributed by atoms with E-state index in [1.165, 1.54) is 0 Å². The van der Waals surface area contributed by atoms with Gasteiger partial charge in [-0.2, -0.15) is 0 Å². The second-order valence-corrected chi connectivity index (χ2v) is 4.75. The highest BCUT2D eigenvalue weighted by atomic mass is 16.7. The lowest BCUT2D eigenvalue weighted by atomic mass is 10.2. The molecule has 2 N–H and O–H groups in total. The Kier molecular flexibility index (Phi) is 3.60. The Bertz CT molecular complexity index is 458. The van der Waals surface area contributed by atoms with E-state index in [1.807, 2.05) is 26.8 Å². The molecule has 1 aromatic rings. The smallest absolute Gasteiger partial charge is 0.319 e. The monoisotopic (exact) mass is 250 g/mol. The molecule has 18 heavy (non-hydrogen) atoms. The first-order chi connectivity index (χ1) is 8.56. The van der Waals surface area contributed by atoms with E-state index in [1.54, 1.807) is 6.07 Å². The summed E-state index contributed by atoms with van der Waals surface area (Å²) in [6, 6.07) is 3.44. The molecule has 0 radical (unpaired) electrons. The van der Waals surface area contributed by atoms with Crippen LogP contribution < -0.4 is 20.1 Å². The number of benzene rings is 1. The Morgan fingerprint density at radius 1 is 1.33 bits per heavy atom. The number of ether oxygens (including phenoxy) is 2. The molecule has 0 spiro atoms. The number of hydrogen-bond acceptors (Lipinski definition) is 3. The molecule has 1 aromatic carbocycles.